The lowest BCUT2D eigenvalue weighted by atomic mass is 9.82. The quantitative estimate of drug-likeness (QED) is 0.556. The van der Waals surface area contributed by atoms with Gasteiger partial charge in [0, 0.05) is 43.0 Å². The summed E-state index contributed by atoms with van der Waals surface area (Å²) in [6.45, 7) is 4.43. The summed E-state index contributed by atoms with van der Waals surface area (Å²) < 4.78 is 13.9. The van der Waals surface area contributed by atoms with E-state index in [9.17, 15) is 18.8 Å². The van der Waals surface area contributed by atoms with Crippen LogP contribution in [-0.2, 0) is 14.4 Å². The van der Waals surface area contributed by atoms with E-state index in [0.717, 1.165) is 43.1 Å². The van der Waals surface area contributed by atoms with E-state index in [1.807, 2.05) is 16.0 Å². The van der Waals surface area contributed by atoms with Crippen LogP contribution in [0.15, 0.2) is 24.4 Å². The predicted molar refractivity (Wildman–Crippen MR) is 139 cm³/mol. The molecule has 0 bridgehead atoms. The number of hydrogen-bond donors (Lipinski definition) is 3. The first-order valence-electron chi connectivity index (χ1n) is 13.6. The third-order valence-electron chi connectivity index (χ3n) is 8.90. The number of H-pyrrole nitrogens is 1. The highest BCUT2D eigenvalue weighted by Crippen LogP contribution is 2.44. The lowest BCUT2D eigenvalue weighted by molar-refractivity contribution is -0.140. The van der Waals surface area contributed by atoms with Crippen molar-refractivity contribution in [2.45, 2.75) is 82.5 Å². The minimum absolute atomic E-state index is 0.00216. The Bertz CT molecular complexity index is 1180. The Morgan fingerprint density at radius 1 is 1.11 bits per heavy atom. The van der Waals surface area contributed by atoms with E-state index >= 15 is 0 Å². The van der Waals surface area contributed by atoms with Crippen LogP contribution in [0.5, 0.6) is 0 Å². The molecule has 1 aliphatic carbocycles. The number of likely N-dealkylation sites (N-methyl/N-ethyl adjacent to an activating group) is 1. The zero-order valence-corrected chi connectivity index (χ0v) is 21.9. The van der Waals surface area contributed by atoms with Gasteiger partial charge in [-0.25, -0.2) is 4.39 Å². The fourth-order valence-corrected chi connectivity index (χ4v) is 6.85. The lowest BCUT2D eigenvalue weighted by Gasteiger charge is -2.36. The number of benzene rings is 1. The molecule has 2 aliphatic heterocycles. The molecule has 1 aromatic heterocycles. The number of hydrogen-bond acceptors (Lipinski definition) is 4. The third-order valence-corrected chi connectivity index (χ3v) is 8.90. The summed E-state index contributed by atoms with van der Waals surface area (Å²) in [5.74, 6) is -0.522. The number of carbonyl (C=O) groups is 3. The first kappa shape index (κ1) is 25.7. The van der Waals surface area contributed by atoms with E-state index in [2.05, 4.69) is 15.6 Å². The van der Waals surface area contributed by atoms with E-state index in [-0.39, 0.29) is 47.5 Å². The zero-order valence-electron chi connectivity index (χ0n) is 21.9. The van der Waals surface area contributed by atoms with Crippen LogP contribution < -0.4 is 10.6 Å². The molecule has 3 N–H and O–H groups in total. The topological polar surface area (TPSA) is 97.5 Å². The molecule has 8 nitrogen and oxygen atoms in total. The highest BCUT2D eigenvalue weighted by atomic mass is 19.1. The standard InChI is InChI=1S/C28H38FN5O3/c1-16(30-3)27(36)32-25(18-7-5-4-6-8-18)28(37)33-12-11-24-26(33)22(15-34(24)17(2)35)21-14-31-23-13-19(29)9-10-20(21)23/h9-10,13-14,16,18,22,24-26,30-31H,4-8,11-12,15H2,1-3H3,(H,32,36). The molecule has 3 aliphatic rings. The number of halogens is 1. The molecule has 3 fully saturated rings. The highest BCUT2D eigenvalue weighted by molar-refractivity contribution is 5.91. The van der Waals surface area contributed by atoms with Crippen molar-refractivity contribution in [3.63, 3.8) is 0 Å². The SMILES string of the molecule is CNC(C)C(=O)NC(C(=O)N1CCC2C1C(c1c[nH]c3cc(F)ccc13)CN2C(C)=O)C1CCCCC1. The van der Waals surface area contributed by atoms with Crippen LogP contribution in [0.4, 0.5) is 4.39 Å². The molecule has 2 aromatic rings. The molecule has 3 heterocycles. The number of likely N-dealkylation sites (tertiary alicyclic amines) is 2. The fraction of sp³-hybridized carbons (Fsp3) is 0.607. The van der Waals surface area contributed by atoms with Crippen molar-refractivity contribution in [1.29, 1.82) is 0 Å². The first-order chi connectivity index (χ1) is 17.8. The van der Waals surface area contributed by atoms with E-state index in [1.54, 1.807) is 27.0 Å². The second-order valence-corrected chi connectivity index (χ2v) is 11.0. The average Bonchev–Trinajstić information content (AvgIpc) is 3.60. The van der Waals surface area contributed by atoms with Gasteiger partial charge >= 0.3 is 0 Å². The summed E-state index contributed by atoms with van der Waals surface area (Å²) in [6, 6.07) is 3.46. The number of aromatic amines is 1. The summed E-state index contributed by atoms with van der Waals surface area (Å²) in [7, 11) is 1.74. The van der Waals surface area contributed by atoms with Gasteiger partial charge in [-0.2, -0.15) is 0 Å². The second-order valence-electron chi connectivity index (χ2n) is 11.0. The Morgan fingerprint density at radius 3 is 2.57 bits per heavy atom. The van der Waals surface area contributed by atoms with Crippen LogP contribution in [0.2, 0.25) is 0 Å². The van der Waals surface area contributed by atoms with Crippen molar-refractivity contribution in [2.75, 3.05) is 20.1 Å². The monoisotopic (exact) mass is 511 g/mol. The van der Waals surface area contributed by atoms with E-state index in [1.165, 1.54) is 12.1 Å². The molecular weight excluding hydrogens is 473 g/mol. The third kappa shape index (κ3) is 4.74. The second kappa shape index (κ2) is 10.4. The summed E-state index contributed by atoms with van der Waals surface area (Å²) in [4.78, 5) is 46.8. The molecule has 1 aromatic carbocycles. The van der Waals surface area contributed by atoms with Gasteiger partial charge in [0.05, 0.1) is 18.1 Å². The Labute approximate surface area is 217 Å². The van der Waals surface area contributed by atoms with Crippen molar-refractivity contribution in [2.24, 2.45) is 5.92 Å². The van der Waals surface area contributed by atoms with Crippen LogP contribution in [0.1, 0.15) is 63.9 Å². The van der Waals surface area contributed by atoms with E-state index < -0.39 is 12.1 Å². The van der Waals surface area contributed by atoms with Gasteiger partial charge in [0.25, 0.3) is 0 Å². The molecule has 1 saturated carbocycles. The fourth-order valence-electron chi connectivity index (χ4n) is 6.85. The van der Waals surface area contributed by atoms with Crippen molar-refractivity contribution >= 4 is 28.6 Å². The summed E-state index contributed by atoms with van der Waals surface area (Å²) in [5, 5.41) is 6.98. The molecule has 9 heteroatoms. The van der Waals surface area contributed by atoms with E-state index in [4.69, 9.17) is 0 Å². The van der Waals surface area contributed by atoms with Gasteiger partial charge in [0.1, 0.15) is 11.9 Å². The molecule has 5 rings (SSSR count). The maximum atomic E-state index is 14.3. The minimum Gasteiger partial charge on any atom is -0.361 e. The molecule has 200 valence electrons. The first-order valence-corrected chi connectivity index (χ1v) is 13.6. The summed E-state index contributed by atoms with van der Waals surface area (Å²) >= 11 is 0. The largest absolute Gasteiger partial charge is 0.361 e. The van der Waals surface area contributed by atoms with Crippen molar-refractivity contribution in [3.05, 3.63) is 35.8 Å². The average molecular weight is 512 g/mol. The highest BCUT2D eigenvalue weighted by Gasteiger charge is 2.53. The van der Waals surface area contributed by atoms with Crippen molar-refractivity contribution in [3.8, 4) is 0 Å². The van der Waals surface area contributed by atoms with Crippen LogP contribution in [-0.4, -0.2) is 76.8 Å². The van der Waals surface area contributed by atoms with Crippen LogP contribution in [0.3, 0.4) is 0 Å². The van der Waals surface area contributed by atoms with Gasteiger partial charge in [0.15, 0.2) is 0 Å². The number of nitrogens with zero attached hydrogens (tertiary/aromatic N) is 2. The molecular formula is C28H38FN5O3. The Balaban J connectivity index is 1.48. The van der Waals surface area contributed by atoms with Gasteiger partial charge in [-0.3, -0.25) is 14.4 Å². The predicted octanol–water partition coefficient (Wildman–Crippen LogP) is 2.90. The number of nitrogens with one attached hydrogen (secondary N) is 3. The lowest BCUT2D eigenvalue weighted by Crippen LogP contribution is -2.57. The number of rotatable bonds is 6. The van der Waals surface area contributed by atoms with Crippen LogP contribution in [0.25, 0.3) is 10.9 Å². The van der Waals surface area contributed by atoms with Crippen LogP contribution >= 0.6 is 0 Å². The smallest absolute Gasteiger partial charge is 0.245 e. The number of fused-ring (bicyclic) bond motifs is 2. The summed E-state index contributed by atoms with van der Waals surface area (Å²) in [6.07, 6.45) is 7.72. The maximum absolute atomic E-state index is 14.3. The number of carbonyl (C=O) groups excluding carboxylic acids is 3. The summed E-state index contributed by atoms with van der Waals surface area (Å²) in [5.41, 5.74) is 1.70. The molecule has 3 amide bonds. The Kier molecular flexibility index (Phi) is 7.25. The van der Waals surface area contributed by atoms with Crippen molar-refractivity contribution in [1.82, 2.24) is 25.4 Å². The zero-order chi connectivity index (χ0) is 26.3. The molecule has 37 heavy (non-hydrogen) atoms. The Hall–Kier alpha value is -2.94. The van der Waals surface area contributed by atoms with Gasteiger partial charge in [0.2, 0.25) is 17.7 Å². The van der Waals surface area contributed by atoms with Gasteiger partial charge < -0.3 is 25.4 Å². The maximum Gasteiger partial charge on any atom is 0.245 e. The normalized spacial score (nSPS) is 25.8. The van der Waals surface area contributed by atoms with Gasteiger partial charge in [-0.05, 0) is 62.9 Å². The van der Waals surface area contributed by atoms with Gasteiger partial charge in [-0.15, -0.1) is 0 Å². The van der Waals surface area contributed by atoms with Crippen LogP contribution in [0, 0.1) is 11.7 Å². The number of aromatic nitrogens is 1. The minimum atomic E-state index is -0.577. The molecule has 5 atom stereocenters. The molecule has 2 saturated heterocycles. The molecule has 5 unspecified atom stereocenters. The van der Waals surface area contributed by atoms with Crippen molar-refractivity contribution < 1.29 is 18.8 Å². The van der Waals surface area contributed by atoms with E-state index in [0.29, 0.717) is 25.0 Å². The molecule has 0 radical (unpaired) electrons. The number of amides is 3. The Morgan fingerprint density at radius 2 is 1.86 bits per heavy atom. The molecule has 0 spiro atoms. The van der Waals surface area contributed by atoms with Gasteiger partial charge in [-0.1, -0.05) is 19.3 Å².